The van der Waals surface area contributed by atoms with E-state index in [4.69, 9.17) is 4.74 Å². The Hall–Kier alpha value is -3.13. The van der Waals surface area contributed by atoms with Crippen LogP contribution in [0.25, 0.3) is 0 Å². The maximum Gasteiger partial charge on any atom is 0.326 e. The van der Waals surface area contributed by atoms with Gasteiger partial charge in [-0.2, -0.15) is 11.8 Å². The molecule has 0 aromatic heterocycles. The smallest absolute Gasteiger partial charge is 0.326 e. The molecule has 29 heavy (non-hydrogen) atoms. The van der Waals surface area contributed by atoms with Crippen LogP contribution in [0.3, 0.4) is 0 Å². The number of imide groups is 1. The second-order valence-corrected chi connectivity index (χ2v) is 7.83. The molecule has 0 radical (unpaired) electrons. The van der Waals surface area contributed by atoms with Gasteiger partial charge in [0.15, 0.2) is 0 Å². The van der Waals surface area contributed by atoms with Crippen LogP contribution < -0.4 is 5.32 Å². The highest BCUT2D eigenvalue weighted by Crippen LogP contribution is 2.24. The minimum Gasteiger partial charge on any atom is -0.458 e. The zero-order valence-corrected chi connectivity index (χ0v) is 16.2. The third-order valence-electron chi connectivity index (χ3n) is 4.83. The summed E-state index contributed by atoms with van der Waals surface area (Å²) in [6.07, 6.45) is -0.518. The van der Waals surface area contributed by atoms with Crippen LogP contribution in [0.4, 0.5) is 0 Å². The van der Waals surface area contributed by atoms with Gasteiger partial charge in [0.25, 0.3) is 17.7 Å². The van der Waals surface area contributed by atoms with Crippen molar-refractivity contribution >= 4 is 35.5 Å². The number of benzene rings is 2. The van der Waals surface area contributed by atoms with Crippen molar-refractivity contribution in [3.05, 3.63) is 71.3 Å². The average Bonchev–Trinajstić information content (AvgIpc) is 3.26. The molecule has 3 amide bonds. The number of esters is 1. The van der Waals surface area contributed by atoms with Crippen molar-refractivity contribution in [3.63, 3.8) is 0 Å². The molecule has 1 fully saturated rings. The summed E-state index contributed by atoms with van der Waals surface area (Å²) < 4.78 is 5.50. The van der Waals surface area contributed by atoms with E-state index in [0.717, 1.165) is 4.90 Å². The molecular formula is C21H18N2O5S. The zero-order chi connectivity index (χ0) is 20.4. The van der Waals surface area contributed by atoms with Crippen LogP contribution in [0, 0.1) is 0 Å². The third kappa shape index (κ3) is 3.88. The lowest BCUT2D eigenvalue weighted by Crippen LogP contribution is -2.46. The van der Waals surface area contributed by atoms with Gasteiger partial charge in [0.2, 0.25) is 0 Å². The number of ether oxygens (including phenoxy) is 1. The van der Waals surface area contributed by atoms with Crippen molar-refractivity contribution < 1.29 is 23.9 Å². The molecule has 0 spiro atoms. The summed E-state index contributed by atoms with van der Waals surface area (Å²) in [5.74, 6) is -0.767. The number of carbonyl (C=O) groups excluding carboxylic acids is 4. The first kappa shape index (κ1) is 19.2. The van der Waals surface area contributed by atoms with E-state index in [0.29, 0.717) is 17.1 Å². The minimum atomic E-state index is -0.675. The Morgan fingerprint density at radius 1 is 0.966 bits per heavy atom. The van der Waals surface area contributed by atoms with Gasteiger partial charge in [-0.3, -0.25) is 24.1 Å². The van der Waals surface area contributed by atoms with Gasteiger partial charge in [0.1, 0.15) is 12.6 Å². The Morgan fingerprint density at radius 3 is 2.24 bits per heavy atom. The Bertz CT molecular complexity index is 943. The van der Waals surface area contributed by atoms with Crippen molar-refractivity contribution in [2.75, 3.05) is 18.1 Å². The summed E-state index contributed by atoms with van der Waals surface area (Å²) in [7, 11) is 0. The van der Waals surface area contributed by atoms with Gasteiger partial charge in [-0.1, -0.05) is 30.3 Å². The summed E-state index contributed by atoms with van der Waals surface area (Å²) in [6.45, 7) is -0.452. The average molecular weight is 410 g/mol. The van der Waals surface area contributed by atoms with E-state index in [-0.39, 0.29) is 23.1 Å². The number of fused-ring (bicyclic) bond motifs is 1. The van der Waals surface area contributed by atoms with E-state index >= 15 is 0 Å². The molecule has 4 rings (SSSR count). The summed E-state index contributed by atoms with van der Waals surface area (Å²) in [6, 6.07) is 14.9. The van der Waals surface area contributed by atoms with Crippen molar-refractivity contribution in [1.82, 2.24) is 10.2 Å². The second kappa shape index (κ2) is 8.08. The molecule has 148 valence electrons. The molecule has 0 unspecified atom stereocenters. The highest BCUT2D eigenvalue weighted by molar-refractivity contribution is 7.99. The molecule has 0 bridgehead atoms. The molecule has 7 nitrogen and oxygen atoms in total. The van der Waals surface area contributed by atoms with E-state index in [9.17, 15) is 19.2 Å². The molecule has 0 saturated carbocycles. The van der Waals surface area contributed by atoms with E-state index in [2.05, 4.69) is 5.32 Å². The van der Waals surface area contributed by atoms with E-state index in [1.54, 1.807) is 60.3 Å². The highest BCUT2D eigenvalue weighted by atomic mass is 32.2. The van der Waals surface area contributed by atoms with Gasteiger partial charge in [-0.25, -0.2) is 0 Å². The molecule has 1 saturated heterocycles. The molecule has 2 heterocycles. The number of nitrogens with zero attached hydrogens (tertiary/aromatic N) is 1. The molecule has 1 N–H and O–H groups in total. The Morgan fingerprint density at radius 2 is 1.59 bits per heavy atom. The maximum atomic E-state index is 12.4. The predicted octanol–water partition coefficient (Wildman–Crippen LogP) is 1.74. The fraction of sp³-hybridized carbons (Fsp3) is 0.238. The van der Waals surface area contributed by atoms with E-state index in [1.165, 1.54) is 0 Å². The molecule has 2 aromatic rings. The largest absolute Gasteiger partial charge is 0.458 e. The SMILES string of the molecule is O=C(CN1C(=O)c2ccccc2C1=O)O[C@H]1CSC[C@@H]1NC(=O)c1ccccc1. The predicted molar refractivity (Wildman–Crippen MR) is 107 cm³/mol. The zero-order valence-electron chi connectivity index (χ0n) is 15.4. The summed E-state index contributed by atoms with van der Waals surface area (Å²) in [4.78, 5) is 50.4. The molecule has 2 aromatic carbocycles. The van der Waals surface area contributed by atoms with Crippen LogP contribution in [-0.2, 0) is 9.53 Å². The Kier molecular flexibility index (Phi) is 5.35. The van der Waals surface area contributed by atoms with Gasteiger partial charge < -0.3 is 10.1 Å². The number of nitrogens with one attached hydrogen (secondary N) is 1. The Labute approximate surface area is 171 Å². The van der Waals surface area contributed by atoms with Gasteiger partial charge in [0.05, 0.1) is 17.2 Å². The van der Waals surface area contributed by atoms with Crippen LogP contribution in [0.5, 0.6) is 0 Å². The van der Waals surface area contributed by atoms with Crippen LogP contribution in [0.15, 0.2) is 54.6 Å². The third-order valence-corrected chi connectivity index (χ3v) is 5.99. The van der Waals surface area contributed by atoms with Gasteiger partial charge in [-0.05, 0) is 24.3 Å². The molecule has 8 heteroatoms. The lowest BCUT2D eigenvalue weighted by atomic mass is 10.1. The van der Waals surface area contributed by atoms with Crippen molar-refractivity contribution in [2.45, 2.75) is 12.1 Å². The second-order valence-electron chi connectivity index (χ2n) is 6.75. The number of carbonyl (C=O) groups is 4. The number of rotatable bonds is 5. The van der Waals surface area contributed by atoms with Crippen LogP contribution >= 0.6 is 11.8 Å². The van der Waals surface area contributed by atoms with Crippen molar-refractivity contribution in [1.29, 1.82) is 0 Å². The van der Waals surface area contributed by atoms with E-state index < -0.39 is 30.4 Å². The Balaban J connectivity index is 1.36. The standard InChI is InChI=1S/C21H18N2O5S/c24-18(10-23-20(26)14-8-4-5-9-15(14)21(23)27)28-17-12-29-11-16(17)22-19(25)13-6-2-1-3-7-13/h1-9,16-17H,10-12H2,(H,22,25)/t16-,17-/m0/s1. The number of hydrogen-bond donors (Lipinski definition) is 1. The lowest BCUT2D eigenvalue weighted by molar-refractivity contribution is -0.149. The molecule has 2 atom stereocenters. The fourth-order valence-corrected chi connectivity index (χ4v) is 4.57. The monoisotopic (exact) mass is 410 g/mol. The molecule has 2 aliphatic heterocycles. The summed E-state index contributed by atoms with van der Waals surface area (Å²) >= 11 is 1.56. The minimum absolute atomic E-state index is 0.237. The highest BCUT2D eigenvalue weighted by Gasteiger charge is 2.38. The summed E-state index contributed by atoms with van der Waals surface area (Å²) in [5, 5.41) is 2.89. The van der Waals surface area contributed by atoms with Crippen LogP contribution in [0.1, 0.15) is 31.1 Å². The molecular weight excluding hydrogens is 392 g/mol. The van der Waals surface area contributed by atoms with Crippen molar-refractivity contribution in [2.24, 2.45) is 0 Å². The molecule has 2 aliphatic rings. The summed E-state index contributed by atoms with van der Waals surface area (Å²) in [5.41, 5.74) is 1.10. The van der Waals surface area contributed by atoms with Crippen LogP contribution in [0.2, 0.25) is 0 Å². The van der Waals surface area contributed by atoms with Gasteiger partial charge >= 0.3 is 5.97 Å². The first-order chi connectivity index (χ1) is 14.0. The molecule has 0 aliphatic carbocycles. The van der Waals surface area contributed by atoms with Crippen molar-refractivity contribution in [3.8, 4) is 0 Å². The number of amides is 3. The van der Waals surface area contributed by atoms with Crippen LogP contribution in [-0.4, -0.2) is 58.8 Å². The van der Waals surface area contributed by atoms with Gasteiger partial charge in [-0.15, -0.1) is 0 Å². The normalized spacial score (nSPS) is 20.5. The number of thioether (sulfide) groups is 1. The topological polar surface area (TPSA) is 92.8 Å². The van der Waals surface area contributed by atoms with E-state index in [1.807, 2.05) is 6.07 Å². The maximum absolute atomic E-state index is 12.4. The lowest BCUT2D eigenvalue weighted by Gasteiger charge is -2.22. The first-order valence-corrected chi connectivity index (χ1v) is 10.3. The first-order valence-electron chi connectivity index (χ1n) is 9.13. The number of hydrogen-bond acceptors (Lipinski definition) is 6. The quantitative estimate of drug-likeness (QED) is 0.596. The van der Waals surface area contributed by atoms with Gasteiger partial charge in [0, 0.05) is 17.1 Å². The fourth-order valence-electron chi connectivity index (χ4n) is 3.34.